The van der Waals surface area contributed by atoms with Crippen LogP contribution in [0, 0.1) is 29.1 Å². The SMILES string of the molecule is CCCCCCCCCCCC(=O)O[C@@H]1[C@@H](C)[C@@]2(O)[C@@H](C=C(CO)C[C@]3(O)C(=O)C(C)=C[C@@H]23)[C@@H]2C(C)(C)[C@]12OC(=O)C=C(C)C. The third-order valence-corrected chi connectivity index (χ3v) is 11.4. The maximum absolute atomic E-state index is 13.5. The quantitative estimate of drug-likeness (QED) is 0.0936. The van der Waals surface area contributed by atoms with Crippen molar-refractivity contribution >= 4 is 17.7 Å². The smallest absolute Gasteiger partial charge is 0.331 e. The molecular formula is C37H56O8. The number of ketones is 1. The van der Waals surface area contributed by atoms with Gasteiger partial charge in [0.25, 0.3) is 0 Å². The number of aliphatic hydroxyl groups is 3. The second kappa shape index (κ2) is 13.4. The molecule has 0 unspecified atom stereocenters. The van der Waals surface area contributed by atoms with Gasteiger partial charge in [0.15, 0.2) is 11.4 Å². The molecular weight excluding hydrogens is 572 g/mol. The van der Waals surface area contributed by atoms with Crippen molar-refractivity contribution in [3.8, 4) is 0 Å². The predicted octanol–water partition coefficient (Wildman–Crippen LogP) is 5.92. The molecule has 0 bridgehead atoms. The highest BCUT2D eigenvalue weighted by atomic mass is 16.6. The highest BCUT2D eigenvalue weighted by Crippen LogP contribution is 2.77. The molecule has 0 radical (unpaired) electrons. The molecule has 45 heavy (non-hydrogen) atoms. The molecule has 4 aliphatic carbocycles. The first-order chi connectivity index (χ1) is 21.1. The van der Waals surface area contributed by atoms with Crippen molar-refractivity contribution in [1.29, 1.82) is 0 Å². The summed E-state index contributed by atoms with van der Waals surface area (Å²) in [6.45, 7) is 12.7. The molecule has 4 aliphatic rings. The maximum atomic E-state index is 13.5. The van der Waals surface area contributed by atoms with Crippen molar-refractivity contribution in [3.63, 3.8) is 0 Å². The number of hydrogen-bond acceptors (Lipinski definition) is 8. The summed E-state index contributed by atoms with van der Waals surface area (Å²) in [5, 5.41) is 35.0. The number of hydrogen-bond donors (Lipinski definition) is 3. The predicted molar refractivity (Wildman–Crippen MR) is 172 cm³/mol. The molecule has 4 rings (SSSR count). The van der Waals surface area contributed by atoms with Gasteiger partial charge in [-0.25, -0.2) is 4.79 Å². The number of carbonyl (C=O) groups is 3. The van der Waals surface area contributed by atoms with Crippen LogP contribution in [0.15, 0.2) is 34.9 Å². The summed E-state index contributed by atoms with van der Waals surface area (Å²) in [7, 11) is 0. The summed E-state index contributed by atoms with van der Waals surface area (Å²) < 4.78 is 12.6. The molecule has 8 heteroatoms. The first-order valence-corrected chi connectivity index (χ1v) is 17.2. The van der Waals surface area contributed by atoms with E-state index in [2.05, 4.69) is 6.92 Å². The van der Waals surface area contributed by atoms with Gasteiger partial charge in [-0.15, -0.1) is 0 Å². The first-order valence-electron chi connectivity index (χ1n) is 17.2. The van der Waals surface area contributed by atoms with Crippen LogP contribution in [0.1, 0.15) is 119 Å². The largest absolute Gasteiger partial charge is 0.458 e. The number of carbonyl (C=O) groups excluding carboxylic acids is 3. The van der Waals surface area contributed by atoms with E-state index >= 15 is 0 Å². The van der Waals surface area contributed by atoms with Crippen molar-refractivity contribution in [2.24, 2.45) is 29.1 Å². The van der Waals surface area contributed by atoms with Crippen molar-refractivity contribution in [1.82, 2.24) is 0 Å². The van der Waals surface area contributed by atoms with E-state index in [4.69, 9.17) is 9.47 Å². The van der Waals surface area contributed by atoms with E-state index in [1.54, 1.807) is 39.8 Å². The fraction of sp³-hybridized carbons (Fsp3) is 0.757. The summed E-state index contributed by atoms with van der Waals surface area (Å²) in [5.74, 6) is -4.46. The Morgan fingerprint density at radius 2 is 1.60 bits per heavy atom. The van der Waals surface area contributed by atoms with E-state index in [9.17, 15) is 29.7 Å². The van der Waals surface area contributed by atoms with E-state index in [0.29, 0.717) is 17.6 Å². The third-order valence-electron chi connectivity index (χ3n) is 11.4. The lowest BCUT2D eigenvalue weighted by atomic mass is 9.59. The fourth-order valence-electron chi connectivity index (χ4n) is 9.04. The lowest BCUT2D eigenvalue weighted by molar-refractivity contribution is -0.227. The van der Waals surface area contributed by atoms with Crippen molar-refractivity contribution < 1.29 is 39.2 Å². The topological polar surface area (TPSA) is 130 Å². The zero-order valence-corrected chi connectivity index (χ0v) is 28.5. The second-order valence-corrected chi connectivity index (χ2v) is 15.1. The highest BCUT2D eigenvalue weighted by molar-refractivity contribution is 6.04. The number of esters is 2. The summed E-state index contributed by atoms with van der Waals surface area (Å²) in [4.78, 5) is 40.0. The summed E-state index contributed by atoms with van der Waals surface area (Å²) >= 11 is 0. The number of rotatable bonds is 14. The summed E-state index contributed by atoms with van der Waals surface area (Å²) in [6, 6.07) is 0. The average Bonchev–Trinajstić information content (AvgIpc) is 3.39. The van der Waals surface area contributed by atoms with E-state index < -0.39 is 76.3 Å². The molecule has 2 saturated carbocycles. The molecule has 0 aliphatic heterocycles. The van der Waals surface area contributed by atoms with Gasteiger partial charge in [0.05, 0.1) is 12.2 Å². The van der Waals surface area contributed by atoms with Gasteiger partial charge >= 0.3 is 11.9 Å². The van der Waals surface area contributed by atoms with E-state index in [1.807, 2.05) is 13.8 Å². The number of Topliss-reactive ketones (excluding diaryl/α,β-unsaturated/α-hetero) is 1. The number of allylic oxidation sites excluding steroid dienone is 1. The monoisotopic (exact) mass is 628 g/mol. The lowest BCUT2D eigenvalue weighted by Crippen LogP contribution is -2.66. The normalized spacial score (nSPS) is 36.0. The molecule has 0 heterocycles. The zero-order chi connectivity index (χ0) is 33.4. The molecule has 0 aromatic rings. The second-order valence-electron chi connectivity index (χ2n) is 15.1. The van der Waals surface area contributed by atoms with Gasteiger partial charge < -0.3 is 24.8 Å². The van der Waals surface area contributed by atoms with Crippen molar-refractivity contribution in [2.75, 3.05) is 6.61 Å². The molecule has 0 aromatic heterocycles. The highest BCUT2D eigenvalue weighted by Gasteiger charge is 2.87. The standard InChI is InChI=1S/C37H56O8/c1-8-9-10-11-12-13-14-15-16-17-29(39)44-33-25(5)36(43)27(31-34(6,7)37(31,33)45-30(40)18-23(2)3)20-26(22-38)21-35(42)28(36)19-24(4)32(35)41/h18-20,25,27-28,31,33,38,42-43H,8-17,21-22H2,1-7H3/t25-,27+,28-,31-,33-,35-,36-,37-/m1/s1. The minimum absolute atomic E-state index is 0.118. The van der Waals surface area contributed by atoms with Crippen LogP contribution >= 0.6 is 0 Å². The molecule has 8 nitrogen and oxygen atoms in total. The minimum atomic E-state index is -1.95. The lowest BCUT2D eigenvalue weighted by Gasteiger charge is -2.53. The van der Waals surface area contributed by atoms with Gasteiger partial charge in [-0.2, -0.15) is 0 Å². The Morgan fingerprint density at radius 1 is 1.00 bits per heavy atom. The first kappa shape index (κ1) is 35.6. The van der Waals surface area contributed by atoms with Gasteiger partial charge in [0.2, 0.25) is 0 Å². The Bertz CT molecular complexity index is 1240. The van der Waals surface area contributed by atoms with E-state index in [1.165, 1.54) is 38.2 Å². The number of ether oxygens (including phenoxy) is 2. The Hall–Kier alpha value is -2.29. The van der Waals surface area contributed by atoms with Crippen molar-refractivity contribution in [2.45, 2.75) is 142 Å². The molecule has 8 atom stereocenters. The van der Waals surface area contributed by atoms with Gasteiger partial charge in [-0.1, -0.05) is 96.8 Å². The number of fused-ring (bicyclic) bond motifs is 5. The van der Waals surface area contributed by atoms with Crippen LogP contribution in [-0.2, 0) is 23.9 Å². The van der Waals surface area contributed by atoms with Crippen LogP contribution in [0.4, 0.5) is 0 Å². The maximum Gasteiger partial charge on any atom is 0.331 e. The van der Waals surface area contributed by atoms with Crippen LogP contribution in [0.3, 0.4) is 0 Å². The van der Waals surface area contributed by atoms with Crippen LogP contribution in [0.25, 0.3) is 0 Å². The Labute approximate surface area is 269 Å². The average molecular weight is 629 g/mol. The Morgan fingerprint density at radius 3 is 2.18 bits per heavy atom. The molecule has 0 saturated heterocycles. The Balaban J connectivity index is 1.64. The molecule has 2 fully saturated rings. The van der Waals surface area contributed by atoms with Gasteiger partial charge in [0, 0.05) is 48.0 Å². The molecule has 0 amide bonds. The fourth-order valence-corrected chi connectivity index (χ4v) is 9.04. The third kappa shape index (κ3) is 6.12. The van der Waals surface area contributed by atoms with Crippen LogP contribution < -0.4 is 0 Å². The Kier molecular flexibility index (Phi) is 10.6. The van der Waals surface area contributed by atoms with Crippen LogP contribution in [0.5, 0.6) is 0 Å². The molecule has 252 valence electrons. The molecule has 3 N–H and O–H groups in total. The summed E-state index contributed by atoms with van der Waals surface area (Å²) in [6.07, 6.45) is 13.9. The van der Waals surface area contributed by atoms with Crippen LogP contribution in [-0.4, -0.2) is 62.6 Å². The molecule has 0 aromatic carbocycles. The van der Waals surface area contributed by atoms with Crippen molar-refractivity contribution in [3.05, 3.63) is 34.9 Å². The van der Waals surface area contributed by atoms with Gasteiger partial charge in [-0.3, -0.25) is 9.59 Å². The minimum Gasteiger partial charge on any atom is -0.458 e. The summed E-state index contributed by atoms with van der Waals surface area (Å²) in [5.41, 5.74) is -4.10. The van der Waals surface area contributed by atoms with E-state index in [-0.39, 0.29) is 12.8 Å². The van der Waals surface area contributed by atoms with Gasteiger partial charge in [-0.05, 0) is 38.3 Å². The van der Waals surface area contributed by atoms with E-state index in [0.717, 1.165) is 24.8 Å². The number of aliphatic hydroxyl groups excluding tert-OH is 1. The zero-order valence-electron chi connectivity index (χ0n) is 28.5. The van der Waals surface area contributed by atoms with Gasteiger partial charge in [0.1, 0.15) is 11.7 Å². The molecule has 0 spiro atoms. The van der Waals surface area contributed by atoms with Crippen LogP contribution in [0.2, 0.25) is 0 Å². The number of unbranched alkanes of at least 4 members (excludes halogenated alkanes) is 8.